The Morgan fingerprint density at radius 3 is 2.16 bits per heavy atom. The summed E-state index contributed by atoms with van der Waals surface area (Å²) in [6, 6.07) is 5.28. The summed E-state index contributed by atoms with van der Waals surface area (Å²) in [4.78, 5) is 13.3. The number of imidazole rings is 2. The summed E-state index contributed by atoms with van der Waals surface area (Å²) in [5.41, 5.74) is 1.04. The molecule has 0 bridgehead atoms. The van der Waals surface area contributed by atoms with Gasteiger partial charge in [0.2, 0.25) is 5.88 Å². The number of nitrogens with one attached hydrogen (secondary N) is 1. The minimum Gasteiger partial charge on any atom is -0.481 e. The number of rotatable bonds is 9. The molecule has 3 heterocycles. The smallest absolute Gasteiger partial charge is 0.389 e. The van der Waals surface area contributed by atoms with Crippen molar-refractivity contribution in [2.45, 2.75) is 45.0 Å². The van der Waals surface area contributed by atoms with E-state index < -0.39 is 18.2 Å². The third-order valence-electron chi connectivity index (χ3n) is 6.89. The van der Waals surface area contributed by atoms with Gasteiger partial charge in [0, 0.05) is 38.0 Å². The Balaban J connectivity index is 1.80. The van der Waals surface area contributed by atoms with Crippen LogP contribution < -0.4 is 10.1 Å². The molecule has 2 N–H and O–H groups in total. The van der Waals surface area contributed by atoms with Crippen LogP contribution in [0.4, 0.5) is 13.2 Å². The second-order valence-corrected chi connectivity index (χ2v) is 9.63. The molecule has 0 spiro atoms. The fourth-order valence-electron chi connectivity index (χ4n) is 4.52. The highest BCUT2D eigenvalue weighted by Crippen LogP contribution is 2.40. The average molecular weight is 551 g/mol. The summed E-state index contributed by atoms with van der Waals surface area (Å²) in [5, 5.41) is 16.3. The maximum atomic E-state index is 12.5. The van der Waals surface area contributed by atoms with Crippen molar-refractivity contribution in [1.29, 1.82) is 0 Å². The van der Waals surface area contributed by atoms with Gasteiger partial charge in [-0.15, -0.1) is 0 Å². The Bertz CT molecular complexity index is 1420. The summed E-state index contributed by atoms with van der Waals surface area (Å²) in [5.74, 6) is 1.72. The van der Waals surface area contributed by atoms with Crippen LogP contribution in [0.3, 0.4) is 0 Å². The molecule has 204 valence electrons. The third kappa shape index (κ3) is 5.10. The summed E-state index contributed by atoms with van der Waals surface area (Å²) < 4.78 is 46.5. The van der Waals surface area contributed by atoms with E-state index in [0.29, 0.717) is 38.4 Å². The number of halogens is 4. The normalized spacial score (nSPS) is 12.5. The molecule has 0 unspecified atom stereocenters. The molecule has 38 heavy (non-hydrogen) atoms. The van der Waals surface area contributed by atoms with E-state index in [9.17, 15) is 18.3 Å². The van der Waals surface area contributed by atoms with E-state index in [1.807, 2.05) is 37.1 Å². The maximum absolute atomic E-state index is 12.5. The highest BCUT2D eigenvalue weighted by molar-refractivity contribution is 6.36. The Kier molecular flexibility index (Phi) is 7.74. The van der Waals surface area contributed by atoms with Crippen LogP contribution >= 0.6 is 11.6 Å². The number of ether oxygens (including phenoxy) is 1. The van der Waals surface area contributed by atoms with Crippen molar-refractivity contribution < 1.29 is 23.0 Å². The number of methoxy groups -OCH3 is 1. The molecule has 1 aromatic carbocycles. The zero-order chi connectivity index (χ0) is 27.8. The Morgan fingerprint density at radius 2 is 1.66 bits per heavy atom. The van der Waals surface area contributed by atoms with E-state index in [-0.39, 0.29) is 25.4 Å². The van der Waals surface area contributed by atoms with Gasteiger partial charge in [0.1, 0.15) is 11.6 Å². The molecule has 4 aromatic rings. The Morgan fingerprint density at radius 1 is 1.05 bits per heavy atom. The van der Waals surface area contributed by atoms with Crippen LogP contribution in [0.5, 0.6) is 5.88 Å². The van der Waals surface area contributed by atoms with Crippen LogP contribution in [0, 0.1) is 13.8 Å². The first-order chi connectivity index (χ1) is 17.9. The molecule has 0 radical (unpaired) electrons. The molecular weight excluding hydrogens is 521 g/mol. The molecule has 0 aliphatic heterocycles. The van der Waals surface area contributed by atoms with Crippen LogP contribution in [-0.4, -0.2) is 49.0 Å². The van der Waals surface area contributed by atoms with Gasteiger partial charge in [0.25, 0.3) is 0 Å². The lowest BCUT2D eigenvalue weighted by Gasteiger charge is -2.30. The molecule has 0 aliphatic carbocycles. The van der Waals surface area contributed by atoms with Gasteiger partial charge in [-0.05, 0) is 44.5 Å². The molecular formula is C26H30ClF3N6O2. The van der Waals surface area contributed by atoms with Crippen LogP contribution in [0.15, 0.2) is 30.6 Å². The van der Waals surface area contributed by atoms with E-state index in [1.165, 1.54) is 7.11 Å². The molecule has 0 aliphatic rings. The average Bonchev–Trinajstić information content (AvgIpc) is 3.39. The van der Waals surface area contributed by atoms with Crippen LogP contribution in [0.1, 0.15) is 47.0 Å². The van der Waals surface area contributed by atoms with E-state index in [0.717, 1.165) is 11.6 Å². The topological polar surface area (TPSA) is 90.0 Å². The zero-order valence-electron chi connectivity index (χ0n) is 21.8. The van der Waals surface area contributed by atoms with Gasteiger partial charge in [-0.2, -0.15) is 13.2 Å². The Labute approximate surface area is 223 Å². The third-order valence-corrected chi connectivity index (χ3v) is 7.32. The van der Waals surface area contributed by atoms with Crippen LogP contribution in [0.2, 0.25) is 5.02 Å². The van der Waals surface area contributed by atoms with Gasteiger partial charge in [-0.25, -0.2) is 15.0 Å². The quantitative estimate of drug-likeness (QED) is 0.294. The number of aromatic nitrogens is 5. The van der Waals surface area contributed by atoms with E-state index >= 15 is 0 Å². The SMILES string of the molecule is COc1nc2ccc(C(O)(c3cnc(C)n3C)c3cnc(C)n3C)cc2c(Cl)c1CNCCCC(F)(F)F. The summed E-state index contributed by atoms with van der Waals surface area (Å²) in [7, 11) is 5.12. The highest BCUT2D eigenvalue weighted by atomic mass is 35.5. The summed E-state index contributed by atoms with van der Waals surface area (Å²) >= 11 is 6.84. The molecule has 0 saturated carbocycles. The number of pyridine rings is 1. The molecule has 0 atom stereocenters. The van der Waals surface area contributed by atoms with Crippen molar-refractivity contribution in [1.82, 2.24) is 29.4 Å². The maximum Gasteiger partial charge on any atom is 0.389 e. The number of nitrogens with zero attached hydrogens (tertiary/aromatic N) is 5. The van der Waals surface area contributed by atoms with Gasteiger partial charge < -0.3 is 24.3 Å². The molecule has 8 nitrogen and oxygen atoms in total. The predicted molar refractivity (Wildman–Crippen MR) is 138 cm³/mol. The number of alkyl halides is 3. The number of aliphatic hydroxyl groups is 1. The van der Waals surface area contributed by atoms with Crippen LogP contribution in [-0.2, 0) is 26.2 Å². The molecule has 4 rings (SSSR count). The van der Waals surface area contributed by atoms with E-state index in [1.54, 1.807) is 30.6 Å². The fraction of sp³-hybridized carbons (Fsp3) is 0.423. The van der Waals surface area contributed by atoms with Gasteiger partial charge in [-0.3, -0.25) is 0 Å². The monoisotopic (exact) mass is 550 g/mol. The van der Waals surface area contributed by atoms with Crippen molar-refractivity contribution in [3.05, 3.63) is 69.8 Å². The van der Waals surface area contributed by atoms with Crippen molar-refractivity contribution in [2.24, 2.45) is 14.1 Å². The molecule has 12 heteroatoms. The first-order valence-electron chi connectivity index (χ1n) is 12.0. The van der Waals surface area contributed by atoms with Gasteiger partial charge in [0.15, 0.2) is 5.60 Å². The fourth-order valence-corrected chi connectivity index (χ4v) is 4.82. The second-order valence-electron chi connectivity index (χ2n) is 9.25. The standard InChI is InChI=1S/C26H30ClF3N6O2/c1-15-32-13-21(35(15)3)26(37,22-14-33-16(2)36(22)4)17-7-8-20-18(11-17)23(27)19(24(34-20)38-5)12-31-10-6-9-25(28,29)30/h7-8,11,13-14,31,37H,6,9-10,12H2,1-5H3. The van der Waals surface area contributed by atoms with Crippen LogP contribution in [0.25, 0.3) is 10.9 Å². The number of hydrogen-bond donors (Lipinski definition) is 2. The Hall–Kier alpha value is -3.15. The van der Waals surface area contributed by atoms with Crippen molar-refractivity contribution in [2.75, 3.05) is 13.7 Å². The molecule has 3 aromatic heterocycles. The summed E-state index contributed by atoms with van der Waals surface area (Å²) in [6.07, 6.45) is -1.87. The van der Waals surface area contributed by atoms with Gasteiger partial charge >= 0.3 is 6.18 Å². The predicted octanol–water partition coefficient (Wildman–Crippen LogP) is 4.70. The van der Waals surface area contributed by atoms with E-state index in [2.05, 4.69) is 20.3 Å². The van der Waals surface area contributed by atoms with Crippen molar-refractivity contribution in [3.63, 3.8) is 0 Å². The number of fused-ring (bicyclic) bond motifs is 1. The number of hydrogen-bond acceptors (Lipinski definition) is 6. The van der Waals surface area contributed by atoms with Crippen molar-refractivity contribution in [3.8, 4) is 5.88 Å². The lowest BCUT2D eigenvalue weighted by atomic mass is 9.86. The first-order valence-corrected chi connectivity index (χ1v) is 12.4. The minimum atomic E-state index is -4.20. The minimum absolute atomic E-state index is 0.0597. The summed E-state index contributed by atoms with van der Waals surface area (Å²) in [6.45, 7) is 4.01. The first kappa shape index (κ1) is 27.9. The van der Waals surface area contributed by atoms with Crippen molar-refractivity contribution >= 4 is 22.5 Å². The van der Waals surface area contributed by atoms with Gasteiger partial charge in [-0.1, -0.05) is 17.7 Å². The largest absolute Gasteiger partial charge is 0.481 e. The number of benzene rings is 1. The number of aryl methyl sites for hydroxylation is 2. The van der Waals surface area contributed by atoms with Gasteiger partial charge in [0.05, 0.1) is 41.4 Å². The molecule has 0 saturated heterocycles. The highest BCUT2D eigenvalue weighted by Gasteiger charge is 2.40. The molecule has 0 fully saturated rings. The second kappa shape index (κ2) is 10.5. The lowest BCUT2D eigenvalue weighted by molar-refractivity contribution is -0.135. The van der Waals surface area contributed by atoms with E-state index in [4.69, 9.17) is 16.3 Å². The molecule has 0 amide bonds. The zero-order valence-corrected chi connectivity index (χ0v) is 22.6. The lowest BCUT2D eigenvalue weighted by Crippen LogP contribution is -2.33.